The molecule has 2 aromatic carbocycles. The average molecular weight is 434 g/mol. The van der Waals surface area contributed by atoms with Crippen LogP contribution in [0.5, 0.6) is 5.75 Å². The normalized spacial score (nSPS) is 30.0. The number of rotatable bonds is 6. The number of benzene rings is 2. The number of nitrogens with one attached hydrogen (secondary N) is 1. The van der Waals surface area contributed by atoms with Gasteiger partial charge in [0.25, 0.3) is 0 Å². The molecule has 2 aromatic rings. The highest BCUT2D eigenvalue weighted by atomic mass is 35.5. The molecule has 0 spiro atoms. The van der Waals surface area contributed by atoms with Crippen LogP contribution in [0.2, 0.25) is 10.0 Å². The predicted molar refractivity (Wildman–Crippen MR) is 115 cm³/mol. The van der Waals surface area contributed by atoms with Crippen LogP contribution in [0.1, 0.15) is 43.2 Å². The van der Waals surface area contributed by atoms with E-state index in [2.05, 4.69) is 5.32 Å². The lowest BCUT2D eigenvalue weighted by Crippen LogP contribution is -2.54. The second kappa shape index (κ2) is 8.09. The van der Waals surface area contributed by atoms with Crippen molar-refractivity contribution in [2.45, 2.75) is 51.3 Å². The van der Waals surface area contributed by atoms with Crippen molar-refractivity contribution in [2.75, 3.05) is 0 Å². The lowest BCUT2D eigenvalue weighted by atomic mass is 9.54. The van der Waals surface area contributed by atoms with Gasteiger partial charge >= 0.3 is 0 Å². The summed E-state index contributed by atoms with van der Waals surface area (Å²) in [4.78, 5) is 0. The fourth-order valence-electron chi connectivity index (χ4n) is 6.11. The minimum absolute atomic E-state index is 0.297. The quantitative estimate of drug-likeness (QED) is 0.551. The van der Waals surface area contributed by atoms with E-state index in [9.17, 15) is 4.39 Å². The van der Waals surface area contributed by atoms with Crippen molar-refractivity contribution < 1.29 is 9.13 Å². The Morgan fingerprint density at radius 3 is 2.31 bits per heavy atom. The van der Waals surface area contributed by atoms with Gasteiger partial charge in [0.15, 0.2) is 0 Å². The molecule has 0 radical (unpaired) electrons. The molecule has 4 aliphatic rings. The van der Waals surface area contributed by atoms with Crippen LogP contribution in [0.25, 0.3) is 0 Å². The third-order valence-corrected chi connectivity index (χ3v) is 7.76. The maximum atomic E-state index is 13.3. The van der Waals surface area contributed by atoms with Gasteiger partial charge in [-0.25, -0.2) is 4.39 Å². The highest BCUT2D eigenvalue weighted by Gasteiger charge is 2.47. The Balaban J connectivity index is 1.27. The van der Waals surface area contributed by atoms with E-state index in [0.717, 1.165) is 47.1 Å². The van der Waals surface area contributed by atoms with Crippen molar-refractivity contribution in [1.29, 1.82) is 0 Å². The van der Waals surface area contributed by atoms with Crippen LogP contribution in [0, 0.1) is 29.5 Å². The smallest absolute Gasteiger partial charge is 0.124 e. The zero-order valence-corrected chi connectivity index (χ0v) is 17.9. The average Bonchev–Trinajstić information content (AvgIpc) is 2.67. The van der Waals surface area contributed by atoms with E-state index < -0.39 is 0 Å². The lowest BCUT2D eigenvalue weighted by Gasteiger charge is -2.54. The molecule has 1 N–H and O–H groups in total. The van der Waals surface area contributed by atoms with E-state index in [-0.39, 0.29) is 5.82 Å². The van der Waals surface area contributed by atoms with Crippen molar-refractivity contribution in [2.24, 2.45) is 23.7 Å². The van der Waals surface area contributed by atoms with Crippen molar-refractivity contribution in [1.82, 2.24) is 5.32 Å². The topological polar surface area (TPSA) is 21.3 Å². The van der Waals surface area contributed by atoms with Crippen molar-refractivity contribution >= 4 is 23.2 Å². The molecule has 4 fully saturated rings. The molecule has 0 aliphatic heterocycles. The Bertz CT molecular complexity index is 874. The van der Waals surface area contributed by atoms with Crippen molar-refractivity contribution in [3.63, 3.8) is 0 Å². The Morgan fingerprint density at radius 2 is 1.62 bits per heavy atom. The number of ether oxygens (including phenoxy) is 1. The monoisotopic (exact) mass is 433 g/mol. The van der Waals surface area contributed by atoms with Gasteiger partial charge in [0, 0.05) is 28.7 Å². The zero-order chi connectivity index (χ0) is 20.0. The van der Waals surface area contributed by atoms with Gasteiger partial charge in [0.05, 0.1) is 5.02 Å². The van der Waals surface area contributed by atoms with Gasteiger partial charge in [-0.1, -0.05) is 29.3 Å². The third-order valence-electron chi connectivity index (χ3n) is 7.18. The molecule has 0 atom stereocenters. The first kappa shape index (κ1) is 19.7. The van der Waals surface area contributed by atoms with Gasteiger partial charge in [0.1, 0.15) is 18.2 Å². The van der Waals surface area contributed by atoms with Gasteiger partial charge in [-0.05, 0) is 86.1 Å². The van der Waals surface area contributed by atoms with E-state index in [1.54, 1.807) is 6.07 Å². The molecular formula is C24H26Cl2FNO. The van der Waals surface area contributed by atoms with E-state index >= 15 is 0 Å². The van der Waals surface area contributed by atoms with Crippen molar-refractivity contribution in [3.8, 4) is 5.75 Å². The van der Waals surface area contributed by atoms with E-state index in [4.69, 9.17) is 27.9 Å². The molecule has 5 heteroatoms. The highest BCUT2D eigenvalue weighted by molar-refractivity contribution is 6.31. The van der Waals surface area contributed by atoms with E-state index in [1.807, 2.05) is 18.2 Å². The summed E-state index contributed by atoms with van der Waals surface area (Å²) in [5, 5.41) is 4.94. The first-order chi connectivity index (χ1) is 14.0. The summed E-state index contributed by atoms with van der Waals surface area (Å²) in [6, 6.07) is 10.7. The Labute approximate surface area is 181 Å². The molecule has 0 unspecified atom stereocenters. The largest absolute Gasteiger partial charge is 0.489 e. The molecule has 0 amide bonds. The molecule has 0 heterocycles. The minimum atomic E-state index is -0.342. The van der Waals surface area contributed by atoms with Crippen LogP contribution in [0.4, 0.5) is 4.39 Å². The maximum Gasteiger partial charge on any atom is 0.124 e. The van der Waals surface area contributed by atoms with Gasteiger partial charge in [0.2, 0.25) is 0 Å². The van der Waals surface area contributed by atoms with Crippen LogP contribution in [0.15, 0.2) is 36.4 Å². The fourth-order valence-corrected chi connectivity index (χ4v) is 6.52. The van der Waals surface area contributed by atoms with Crippen LogP contribution < -0.4 is 10.1 Å². The molecule has 4 aliphatic carbocycles. The molecule has 2 nitrogen and oxygen atoms in total. The van der Waals surface area contributed by atoms with E-state index in [0.29, 0.717) is 22.7 Å². The summed E-state index contributed by atoms with van der Waals surface area (Å²) < 4.78 is 19.3. The lowest BCUT2D eigenvalue weighted by molar-refractivity contribution is -0.0143. The first-order valence-electron chi connectivity index (χ1n) is 10.6. The number of halogens is 3. The highest BCUT2D eigenvalue weighted by Crippen LogP contribution is 2.53. The third kappa shape index (κ3) is 4.15. The van der Waals surface area contributed by atoms with Gasteiger partial charge in [-0.3, -0.25) is 0 Å². The molecule has 0 saturated heterocycles. The van der Waals surface area contributed by atoms with Crippen LogP contribution in [-0.2, 0) is 13.2 Å². The summed E-state index contributed by atoms with van der Waals surface area (Å²) in [6.07, 6.45) is 7.05. The molecule has 29 heavy (non-hydrogen) atoms. The summed E-state index contributed by atoms with van der Waals surface area (Å²) in [5.41, 5.74) is 1.83. The fraction of sp³-hybridized carbons (Fsp3) is 0.500. The molecule has 0 aromatic heterocycles. The van der Waals surface area contributed by atoms with Crippen LogP contribution >= 0.6 is 23.2 Å². The minimum Gasteiger partial charge on any atom is -0.489 e. The van der Waals surface area contributed by atoms with E-state index in [1.165, 1.54) is 44.2 Å². The molecule has 154 valence electrons. The summed E-state index contributed by atoms with van der Waals surface area (Å²) in [7, 11) is 0. The van der Waals surface area contributed by atoms with Gasteiger partial charge in [-0.15, -0.1) is 0 Å². The predicted octanol–water partition coefficient (Wildman–Crippen LogP) is 6.63. The van der Waals surface area contributed by atoms with Gasteiger partial charge < -0.3 is 10.1 Å². The molecular weight excluding hydrogens is 408 g/mol. The molecule has 4 saturated carbocycles. The van der Waals surface area contributed by atoms with Crippen LogP contribution in [0.3, 0.4) is 0 Å². The summed E-state index contributed by atoms with van der Waals surface area (Å²) in [6.45, 7) is 1.05. The summed E-state index contributed by atoms with van der Waals surface area (Å²) in [5.74, 6) is 4.06. The summed E-state index contributed by atoms with van der Waals surface area (Å²) >= 11 is 12.4. The second-order valence-corrected chi connectivity index (χ2v) is 9.96. The standard InChI is InChI=1S/C24H26Cl2FNO/c25-20-2-4-23(29-13-16-1-3-21(27)11-22(16)26)19(10-20)12-28-24-17-6-14-5-15(8-17)9-18(24)7-14/h1-4,10-11,14-15,17-18,24,28H,5-9,12-13H2. The Hall–Kier alpha value is -1.29. The maximum absolute atomic E-state index is 13.3. The number of hydrogen-bond donors (Lipinski definition) is 1. The molecule has 6 rings (SSSR count). The van der Waals surface area contributed by atoms with Crippen LogP contribution in [-0.4, -0.2) is 6.04 Å². The SMILES string of the molecule is Fc1ccc(COc2ccc(Cl)cc2CNC2C3CC4CC(C3)CC2C4)c(Cl)c1. The zero-order valence-electron chi connectivity index (χ0n) is 16.3. The Kier molecular flexibility index (Phi) is 5.49. The first-order valence-corrected chi connectivity index (χ1v) is 11.4. The van der Waals surface area contributed by atoms with Crippen molar-refractivity contribution in [3.05, 3.63) is 63.4 Å². The Morgan fingerprint density at radius 1 is 0.897 bits per heavy atom. The van der Waals surface area contributed by atoms with Gasteiger partial charge in [-0.2, -0.15) is 0 Å². The molecule has 4 bridgehead atoms. The number of hydrogen-bond acceptors (Lipinski definition) is 2. The second-order valence-electron chi connectivity index (χ2n) is 9.11.